The fourth-order valence-corrected chi connectivity index (χ4v) is 6.02. The zero-order valence-electron chi connectivity index (χ0n) is 18.7. The number of amides is 1. The van der Waals surface area contributed by atoms with E-state index in [4.69, 9.17) is 0 Å². The molecule has 176 valence electrons. The van der Waals surface area contributed by atoms with Crippen LogP contribution < -0.4 is 5.32 Å². The summed E-state index contributed by atoms with van der Waals surface area (Å²) >= 11 is 1.72. The largest absolute Gasteiger partial charge is 0.346 e. The predicted molar refractivity (Wildman–Crippen MR) is 130 cm³/mol. The quantitative estimate of drug-likeness (QED) is 0.472. The number of rotatable bonds is 10. The van der Waals surface area contributed by atoms with Crippen molar-refractivity contribution in [3.8, 4) is 0 Å². The number of aryl methyl sites for hydroxylation is 1. The van der Waals surface area contributed by atoms with Crippen molar-refractivity contribution in [2.24, 2.45) is 0 Å². The van der Waals surface area contributed by atoms with Gasteiger partial charge in [0.1, 0.15) is 0 Å². The number of nitrogens with one attached hydrogen (secondary N) is 1. The third kappa shape index (κ3) is 5.56. The van der Waals surface area contributed by atoms with E-state index in [-0.39, 0.29) is 11.9 Å². The Morgan fingerprint density at radius 3 is 2.61 bits per heavy atom. The van der Waals surface area contributed by atoms with E-state index in [1.807, 2.05) is 35.1 Å². The standard InChI is InChI=1S/C23H29N5O3S2/c1-32-17-13-20(23-26-25-21-6-2-3-16-28(21)23)24-22(29)12-9-18-7-10-19(11-8-18)33(30,31)27-14-4-5-15-27/h2-3,6-8,10-11,16,20H,4-5,9,12-15,17H2,1H3,(H,24,29). The average Bonchev–Trinajstić information content (AvgIpc) is 3.52. The van der Waals surface area contributed by atoms with Gasteiger partial charge in [-0.25, -0.2) is 8.42 Å². The van der Waals surface area contributed by atoms with E-state index in [2.05, 4.69) is 15.5 Å². The monoisotopic (exact) mass is 487 g/mol. The van der Waals surface area contributed by atoms with Gasteiger partial charge >= 0.3 is 0 Å². The lowest BCUT2D eigenvalue weighted by molar-refractivity contribution is -0.121. The molecule has 4 rings (SSSR count). The summed E-state index contributed by atoms with van der Waals surface area (Å²) < 4.78 is 28.8. The number of hydrogen-bond acceptors (Lipinski definition) is 6. The number of carbonyl (C=O) groups excluding carboxylic acids is 1. The molecule has 3 aromatic rings. The van der Waals surface area contributed by atoms with Crippen LogP contribution >= 0.6 is 11.8 Å². The van der Waals surface area contributed by atoms with Gasteiger partial charge in [0.05, 0.1) is 10.9 Å². The van der Waals surface area contributed by atoms with Crippen molar-refractivity contribution in [1.82, 2.24) is 24.2 Å². The molecule has 0 aliphatic carbocycles. The molecule has 0 bridgehead atoms. The Morgan fingerprint density at radius 2 is 1.88 bits per heavy atom. The molecule has 1 N–H and O–H groups in total. The molecular weight excluding hydrogens is 458 g/mol. The Bertz CT molecular complexity index is 1190. The molecule has 0 radical (unpaired) electrons. The van der Waals surface area contributed by atoms with Crippen LogP contribution in [0.4, 0.5) is 0 Å². The van der Waals surface area contributed by atoms with Crippen molar-refractivity contribution >= 4 is 33.3 Å². The number of nitrogens with zero attached hydrogens (tertiary/aromatic N) is 4. The van der Waals surface area contributed by atoms with Gasteiger partial charge < -0.3 is 5.32 Å². The molecule has 1 atom stereocenters. The van der Waals surface area contributed by atoms with Crippen molar-refractivity contribution in [1.29, 1.82) is 0 Å². The molecule has 1 aliphatic heterocycles. The van der Waals surface area contributed by atoms with Crippen LogP contribution in [0.25, 0.3) is 5.65 Å². The van der Waals surface area contributed by atoms with Crippen LogP contribution in [0.3, 0.4) is 0 Å². The van der Waals surface area contributed by atoms with Crippen molar-refractivity contribution in [3.63, 3.8) is 0 Å². The Balaban J connectivity index is 1.38. The smallest absolute Gasteiger partial charge is 0.243 e. The Hall–Kier alpha value is -2.43. The lowest BCUT2D eigenvalue weighted by atomic mass is 10.1. The molecule has 1 aliphatic rings. The molecule has 1 aromatic carbocycles. The summed E-state index contributed by atoms with van der Waals surface area (Å²) in [5.41, 5.74) is 1.68. The molecule has 33 heavy (non-hydrogen) atoms. The Labute approximate surface area is 198 Å². The first-order valence-corrected chi connectivity index (χ1v) is 14.0. The van der Waals surface area contributed by atoms with Crippen LogP contribution in [0.15, 0.2) is 53.6 Å². The first-order chi connectivity index (χ1) is 16.0. The van der Waals surface area contributed by atoms with E-state index >= 15 is 0 Å². The van der Waals surface area contributed by atoms with Gasteiger partial charge in [0.25, 0.3) is 0 Å². The number of thioether (sulfide) groups is 1. The molecule has 1 fully saturated rings. The van der Waals surface area contributed by atoms with Gasteiger partial charge in [0.2, 0.25) is 15.9 Å². The molecule has 10 heteroatoms. The molecule has 1 amide bonds. The third-order valence-corrected chi connectivity index (χ3v) is 8.42. The van der Waals surface area contributed by atoms with E-state index in [0.717, 1.165) is 42.1 Å². The molecule has 1 unspecified atom stereocenters. The number of sulfonamides is 1. The number of carbonyl (C=O) groups is 1. The highest BCUT2D eigenvalue weighted by Gasteiger charge is 2.27. The maximum Gasteiger partial charge on any atom is 0.243 e. The zero-order chi connectivity index (χ0) is 23.3. The number of benzene rings is 1. The number of aromatic nitrogens is 3. The molecule has 2 aromatic heterocycles. The summed E-state index contributed by atoms with van der Waals surface area (Å²) in [5, 5.41) is 11.6. The van der Waals surface area contributed by atoms with Gasteiger partial charge in [-0.05, 0) is 67.5 Å². The second-order valence-electron chi connectivity index (χ2n) is 8.14. The summed E-state index contributed by atoms with van der Waals surface area (Å²) in [7, 11) is -3.42. The summed E-state index contributed by atoms with van der Waals surface area (Å²) in [6.45, 7) is 1.17. The van der Waals surface area contributed by atoms with Crippen molar-refractivity contribution in [3.05, 3.63) is 60.0 Å². The van der Waals surface area contributed by atoms with Gasteiger partial charge in [0.15, 0.2) is 11.5 Å². The van der Waals surface area contributed by atoms with Crippen molar-refractivity contribution in [2.75, 3.05) is 25.1 Å². The van der Waals surface area contributed by atoms with Crippen LogP contribution in [0, 0.1) is 0 Å². The first-order valence-electron chi connectivity index (χ1n) is 11.2. The number of pyridine rings is 1. The number of fused-ring (bicyclic) bond motifs is 1. The normalized spacial score (nSPS) is 15.7. The minimum absolute atomic E-state index is 0.0671. The molecule has 0 saturated carbocycles. The second-order valence-corrected chi connectivity index (χ2v) is 11.1. The lowest BCUT2D eigenvalue weighted by Crippen LogP contribution is -2.30. The highest BCUT2D eigenvalue weighted by atomic mass is 32.2. The van der Waals surface area contributed by atoms with Gasteiger partial charge in [-0.1, -0.05) is 18.2 Å². The Morgan fingerprint density at radius 1 is 1.12 bits per heavy atom. The zero-order valence-corrected chi connectivity index (χ0v) is 20.3. The molecular formula is C23H29N5O3S2. The lowest BCUT2D eigenvalue weighted by Gasteiger charge is -2.17. The van der Waals surface area contributed by atoms with Gasteiger partial charge in [-0.3, -0.25) is 9.20 Å². The minimum Gasteiger partial charge on any atom is -0.346 e. The topological polar surface area (TPSA) is 96.7 Å². The predicted octanol–water partition coefficient (Wildman–Crippen LogP) is 3.06. The van der Waals surface area contributed by atoms with Crippen molar-refractivity contribution in [2.45, 2.75) is 43.0 Å². The van der Waals surface area contributed by atoms with E-state index < -0.39 is 10.0 Å². The highest BCUT2D eigenvalue weighted by Crippen LogP contribution is 2.22. The minimum atomic E-state index is -3.42. The van der Waals surface area contributed by atoms with E-state index in [1.165, 1.54) is 0 Å². The van der Waals surface area contributed by atoms with Gasteiger partial charge in [-0.2, -0.15) is 16.1 Å². The van der Waals surface area contributed by atoms with Crippen LogP contribution in [0.1, 0.15) is 43.1 Å². The highest BCUT2D eigenvalue weighted by molar-refractivity contribution is 7.98. The second kappa shape index (κ2) is 10.7. The fourth-order valence-electron chi connectivity index (χ4n) is 4.03. The maximum absolute atomic E-state index is 12.7. The maximum atomic E-state index is 12.7. The fraction of sp³-hybridized carbons (Fsp3) is 0.435. The van der Waals surface area contributed by atoms with E-state index in [1.54, 1.807) is 40.3 Å². The van der Waals surface area contributed by atoms with Crippen LogP contribution in [-0.4, -0.2) is 58.3 Å². The Kier molecular flexibility index (Phi) is 7.67. The SMILES string of the molecule is CSCCC(NC(=O)CCc1ccc(S(=O)(=O)N2CCCC2)cc1)c1nnc2ccccn12. The van der Waals surface area contributed by atoms with Crippen LogP contribution in [-0.2, 0) is 21.2 Å². The summed E-state index contributed by atoms with van der Waals surface area (Å²) in [4.78, 5) is 13.1. The summed E-state index contributed by atoms with van der Waals surface area (Å²) in [5.74, 6) is 1.55. The molecule has 1 saturated heterocycles. The van der Waals surface area contributed by atoms with E-state index in [9.17, 15) is 13.2 Å². The van der Waals surface area contributed by atoms with E-state index in [0.29, 0.717) is 30.8 Å². The third-order valence-electron chi connectivity index (χ3n) is 5.86. The van der Waals surface area contributed by atoms with Crippen LogP contribution in [0.2, 0.25) is 0 Å². The molecule has 3 heterocycles. The number of hydrogen-bond donors (Lipinski definition) is 1. The summed E-state index contributed by atoms with van der Waals surface area (Å²) in [6.07, 6.45) is 7.36. The van der Waals surface area contributed by atoms with Crippen molar-refractivity contribution < 1.29 is 13.2 Å². The molecule has 0 spiro atoms. The van der Waals surface area contributed by atoms with Gasteiger partial charge in [-0.15, -0.1) is 10.2 Å². The van der Waals surface area contributed by atoms with Crippen LogP contribution in [0.5, 0.6) is 0 Å². The van der Waals surface area contributed by atoms with Gasteiger partial charge in [0, 0.05) is 25.7 Å². The molecule has 8 nitrogen and oxygen atoms in total. The first kappa shape index (κ1) is 23.7. The summed E-state index contributed by atoms with van der Waals surface area (Å²) in [6, 6.07) is 12.4. The average molecular weight is 488 g/mol.